The minimum absolute atomic E-state index is 0.201. The van der Waals surface area contributed by atoms with Gasteiger partial charge in [0, 0.05) is 12.3 Å². The van der Waals surface area contributed by atoms with E-state index in [1.54, 1.807) is 0 Å². The van der Waals surface area contributed by atoms with Gasteiger partial charge in [0.15, 0.2) is 0 Å². The number of halogens is 1. The normalized spacial score (nSPS) is 9.62. The predicted molar refractivity (Wildman–Crippen MR) is 47.1 cm³/mol. The molecule has 0 saturated heterocycles. The van der Waals surface area contributed by atoms with Crippen molar-refractivity contribution in [2.24, 2.45) is 5.73 Å². The summed E-state index contributed by atoms with van der Waals surface area (Å²) < 4.78 is 0.282. The summed E-state index contributed by atoms with van der Waals surface area (Å²) in [7, 11) is 0. The molecule has 68 valence electrons. The number of rotatable bonds is 2. The van der Waals surface area contributed by atoms with Crippen LogP contribution in [0.15, 0.2) is 16.9 Å². The molecular weight excluding hydrogens is 242 g/mol. The van der Waals surface area contributed by atoms with Crippen molar-refractivity contribution in [3.05, 3.63) is 32.5 Å². The Morgan fingerprint density at radius 3 is 2.77 bits per heavy atom. The van der Waals surface area contributed by atoms with Gasteiger partial charge in [0.2, 0.25) is 0 Å². The molecule has 1 aromatic heterocycles. The van der Waals surface area contributed by atoms with Gasteiger partial charge in [-0.3, -0.25) is 14.9 Å². The number of hydrogen-bond acceptors (Lipinski definition) is 4. The Kier molecular flexibility index (Phi) is 2.57. The Labute approximate surface area is 81.0 Å². The second kappa shape index (κ2) is 3.48. The minimum Gasteiger partial charge on any atom is -0.365 e. The number of primary amides is 1. The van der Waals surface area contributed by atoms with Crippen LogP contribution in [0, 0.1) is 10.1 Å². The number of hydrogen-bond donors (Lipinski definition) is 1. The van der Waals surface area contributed by atoms with E-state index in [1.807, 2.05) is 0 Å². The van der Waals surface area contributed by atoms with Gasteiger partial charge in [-0.05, 0) is 15.9 Å². The van der Waals surface area contributed by atoms with E-state index in [-0.39, 0.29) is 15.9 Å². The highest BCUT2D eigenvalue weighted by Gasteiger charge is 2.18. The van der Waals surface area contributed by atoms with Gasteiger partial charge in [0.05, 0.1) is 4.92 Å². The smallest absolute Gasteiger partial charge is 0.286 e. The van der Waals surface area contributed by atoms with Gasteiger partial charge in [-0.25, -0.2) is 4.98 Å². The van der Waals surface area contributed by atoms with E-state index in [0.29, 0.717) is 0 Å². The van der Waals surface area contributed by atoms with Gasteiger partial charge in [-0.2, -0.15) is 0 Å². The average Bonchev–Trinajstić information content (AvgIpc) is 2.03. The standard InChI is InChI=1S/C6H4BrN3O3/c7-5-1-4(10(12)13)3(2-9-5)6(8)11/h1-2H,(H2,8,11). The molecule has 2 N–H and O–H groups in total. The molecule has 0 aliphatic rings. The SMILES string of the molecule is NC(=O)c1cnc(Br)cc1[N+](=O)[O-]. The van der Waals surface area contributed by atoms with Gasteiger partial charge in [-0.15, -0.1) is 0 Å². The van der Waals surface area contributed by atoms with Crippen LogP contribution in [0.1, 0.15) is 10.4 Å². The first kappa shape index (κ1) is 9.59. The second-order valence-electron chi connectivity index (χ2n) is 2.15. The van der Waals surface area contributed by atoms with Crippen LogP contribution in [0.4, 0.5) is 5.69 Å². The number of carbonyl (C=O) groups is 1. The number of aromatic nitrogens is 1. The molecule has 0 fully saturated rings. The quantitative estimate of drug-likeness (QED) is 0.475. The maximum atomic E-state index is 10.7. The molecule has 0 atom stereocenters. The lowest BCUT2D eigenvalue weighted by atomic mass is 10.2. The Bertz CT molecular complexity index is 379. The van der Waals surface area contributed by atoms with Crippen LogP contribution in [0.2, 0.25) is 0 Å². The lowest BCUT2D eigenvalue weighted by molar-refractivity contribution is -0.385. The third kappa shape index (κ3) is 2.00. The second-order valence-corrected chi connectivity index (χ2v) is 2.96. The summed E-state index contributed by atoms with van der Waals surface area (Å²) in [6.07, 6.45) is 1.06. The van der Waals surface area contributed by atoms with E-state index >= 15 is 0 Å². The molecule has 1 heterocycles. The molecule has 13 heavy (non-hydrogen) atoms. The maximum absolute atomic E-state index is 10.7. The third-order valence-corrected chi connectivity index (χ3v) is 1.74. The number of nitrogens with two attached hydrogens (primary N) is 1. The third-order valence-electron chi connectivity index (χ3n) is 1.31. The number of amides is 1. The number of nitrogens with zero attached hydrogens (tertiary/aromatic N) is 2. The largest absolute Gasteiger partial charge is 0.365 e. The van der Waals surface area contributed by atoms with Crippen LogP contribution in [-0.2, 0) is 0 Å². The van der Waals surface area contributed by atoms with Crippen molar-refractivity contribution in [1.82, 2.24) is 4.98 Å². The summed E-state index contributed by atoms with van der Waals surface area (Å²) in [5.74, 6) is -0.869. The zero-order valence-electron chi connectivity index (χ0n) is 6.23. The van der Waals surface area contributed by atoms with Crippen LogP contribution in [-0.4, -0.2) is 15.8 Å². The average molecular weight is 246 g/mol. The predicted octanol–water partition coefficient (Wildman–Crippen LogP) is 0.851. The van der Waals surface area contributed by atoms with E-state index in [9.17, 15) is 14.9 Å². The highest BCUT2D eigenvalue weighted by Crippen LogP contribution is 2.20. The van der Waals surface area contributed by atoms with Crippen molar-refractivity contribution >= 4 is 27.5 Å². The first-order valence-corrected chi connectivity index (χ1v) is 3.91. The number of carbonyl (C=O) groups excluding carboxylic acids is 1. The van der Waals surface area contributed by atoms with Crippen molar-refractivity contribution < 1.29 is 9.72 Å². The van der Waals surface area contributed by atoms with Gasteiger partial charge < -0.3 is 5.73 Å². The molecule has 0 aromatic carbocycles. The molecule has 0 aliphatic heterocycles. The van der Waals surface area contributed by atoms with Crippen LogP contribution >= 0.6 is 15.9 Å². The highest BCUT2D eigenvalue weighted by atomic mass is 79.9. The summed E-state index contributed by atoms with van der Waals surface area (Å²) >= 11 is 2.95. The van der Waals surface area contributed by atoms with E-state index in [2.05, 4.69) is 20.9 Å². The zero-order chi connectivity index (χ0) is 10.0. The van der Waals surface area contributed by atoms with Gasteiger partial charge in [-0.1, -0.05) is 0 Å². The molecular formula is C6H4BrN3O3. The molecule has 1 aromatic rings. The summed E-state index contributed by atoms with van der Waals surface area (Å²) in [5.41, 5.74) is 4.35. The summed E-state index contributed by atoms with van der Waals surface area (Å²) in [5, 5.41) is 10.4. The van der Waals surface area contributed by atoms with E-state index < -0.39 is 10.8 Å². The van der Waals surface area contributed by atoms with Crippen molar-refractivity contribution in [2.75, 3.05) is 0 Å². The maximum Gasteiger partial charge on any atom is 0.286 e. The minimum atomic E-state index is -0.869. The summed E-state index contributed by atoms with van der Waals surface area (Å²) in [6.45, 7) is 0. The fourth-order valence-electron chi connectivity index (χ4n) is 0.761. The molecule has 0 radical (unpaired) electrons. The zero-order valence-corrected chi connectivity index (χ0v) is 7.82. The molecule has 7 heteroatoms. The van der Waals surface area contributed by atoms with E-state index in [4.69, 9.17) is 5.73 Å². The molecule has 0 saturated carbocycles. The molecule has 6 nitrogen and oxygen atoms in total. The molecule has 0 bridgehead atoms. The Morgan fingerprint density at radius 2 is 2.31 bits per heavy atom. The number of pyridine rings is 1. The van der Waals surface area contributed by atoms with Crippen LogP contribution in [0.5, 0.6) is 0 Å². The number of nitro groups is 1. The van der Waals surface area contributed by atoms with Crippen LogP contribution < -0.4 is 5.73 Å². The van der Waals surface area contributed by atoms with Crippen LogP contribution in [0.25, 0.3) is 0 Å². The molecule has 1 rings (SSSR count). The van der Waals surface area contributed by atoms with Crippen molar-refractivity contribution in [3.63, 3.8) is 0 Å². The van der Waals surface area contributed by atoms with E-state index in [0.717, 1.165) is 12.3 Å². The Morgan fingerprint density at radius 1 is 1.69 bits per heavy atom. The van der Waals surface area contributed by atoms with E-state index in [1.165, 1.54) is 0 Å². The highest BCUT2D eigenvalue weighted by molar-refractivity contribution is 9.10. The Balaban J connectivity index is 3.35. The fraction of sp³-hybridized carbons (Fsp3) is 0. The molecule has 0 unspecified atom stereocenters. The lowest BCUT2D eigenvalue weighted by Crippen LogP contribution is -2.13. The first-order chi connectivity index (χ1) is 6.02. The van der Waals surface area contributed by atoms with Crippen molar-refractivity contribution in [2.45, 2.75) is 0 Å². The molecule has 1 amide bonds. The van der Waals surface area contributed by atoms with Crippen LogP contribution in [0.3, 0.4) is 0 Å². The van der Waals surface area contributed by atoms with Crippen molar-refractivity contribution in [1.29, 1.82) is 0 Å². The molecule has 0 aliphatic carbocycles. The molecule has 0 spiro atoms. The van der Waals surface area contributed by atoms with Gasteiger partial charge in [0.1, 0.15) is 10.2 Å². The monoisotopic (exact) mass is 245 g/mol. The lowest BCUT2D eigenvalue weighted by Gasteiger charge is -1.97. The summed E-state index contributed by atoms with van der Waals surface area (Å²) in [6, 6.07) is 1.13. The summed E-state index contributed by atoms with van der Waals surface area (Å²) in [4.78, 5) is 24.1. The van der Waals surface area contributed by atoms with Crippen molar-refractivity contribution in [3.8, 4) is 0 Å². The Hall–Kier alpha value is -1.50. The fourth-order valence-corrected chi connectivity index (χ4v) is 1.08. The topological polar surface area (TPSA) is 99.1 Å². The van der Waals surface area contributed by atoms with Gasteiger partial charge in [0.25, 0.3) is 11.6 Å². The van der Waals surface area contributed by atoms with Gasteiger partial charge >= 0.3 is 0 Å². The first-order valence-electron chi connectivity index (χ1n) is 3.12.